The lowest BCUT2D eigenvalue weighted by atomic mass is 10.0. The molecule has 0 radical (unpaired) electrons. The molecule has 0 aromatic heterocycles. The Labute approximate surface area is 171 Å². The molecule has 29 heavy (non-hydrogen) atoms. The molecular weight excluding hydrogens is 390 g/mol. The Bertz CT molecular complexity index is 1080. The van der Waals surface area contributed by atoms with Crippen LogP contribution in [-0.4, -0.2) is 30.8 Å². The molecular formula is C22H19NO5S. The first-order valence-corrected chi connectivity index (χ1v) is 10.2. The van der Waals surface area contributed by atoms with Gasteiger partial charge in [-0.3, -0.25) is 0 Å². The summed E-state index contributed by atoms with van der Waals surface area (Å²) in [6, 6.07) is 17.8. The number of benzene rings is 3. The molecule has 0 aliphatic carbocycles. The molecule has 1 fully saturated rings. The van der Waals surface area contributed by atoms with Crippen molar-refractivity contribution in [3.05, 3.63) is 71.8 Å². The van der Waals surface area contributed by atoms with Crippen molar-refractivity contribution in [2.75, 3.05) is 12.9 Å². The van der Waals surface area contributed by atoms with E-state index in [-0.39, 0.29) is 5.37 Å². The Kier molecular flexibility index (Phi) is 5.42. The molecule has 1 saturated heterocycles. The summed E-state index contributed by atoms with van der Waals surface area (Å²) in [5.74, 6) is -0.317. The average molecular weight is 409 g/mol. The number of quaternary nitrogens is 1. The fourth-order valence-electron chi connectivity index (χ4n) is 3.39. The third-order valence-electron chi connectivity index (χ3n) is 4.89. The molecule has 0 saturated carbocycles. The molecule has 3 aromatic carbocycles. The highest BCUT2D eigenvalue weighted by molar-refractivity contribution is 7.99. The summed E-state index contributed by atoms with van der Waals surface area (Å²) >= 11 is 1.53. The lowest BCUT2D eigenvalue weighted by Crippen LogP contribution is -2.90. The molecule has 0 spiro atoms. The highest BCUT2D eigenvalue weighted by Crippen LogP contribution is 2.35. The van der Waals surface area contributed by atoms with Crippen LogP contribution in [0.15, 0.2) is 60.7 Å². The van der Waals surface area contributed by atoms with Gasteiger partial charge in [-0.1, -0.05) is 48.2 Å². The number of carbonyl (C=O) groups is 2. The maximum absolute atomic E-state index is 12.8. The zero-order chi connectivity index (χ0) is 20.4. The third-order valence-corrected chi connectivity index (χ3v) is 6.23. The van der Waals surface area contributed by atoms with Crippen molar-refractivity contribution in [1.29, 1.82) is 0 Å². The second kappa shape index (κ2) is 8.14. The summed E-state index contributed by atoms with van der Waals surface area (Å²) < 4.78 is 11.0. The molecule has 6 nitrogen and oxygen atoms in total. The molecule has 3 aromatic rings. The topological polar surface area (TPSA) is 92.3 Å². The summed E-state index contributed by atoms with van der Waals surface area (Å²) in [7, 11) is 1.50. The highest BCUT2D eigenvalue weighted by Gasteiger charge is 2.31. The Balaban J connectivity index is 1.57. The van der Waals surface area contributed by atoms with E-state index in [1.807, 2.05) is 42.5 Å². The van der Waals surface area contributed by atoms with E-state index in [1.165, 1.54) is 18.9 Å². The van der Waals surface area contributed by atoms with Gasteiger partial charge in [-0.05, 0) is 35.0 Å². The van der Waals surface area contributed by atoms with Gasteiger partial charge >= 0.3 is 5.97 Å². The third kappa shape index (κ3) is 3.92. The normalized spacial score (nSPS) is 18.5. The van der Waals surface area contributed by atoms with Gasteiger partial charge in [-0.2, -0.15) is 0 Å². The number of hydrogen-bond donors (Lipinski definition) is 1. The first kappa shape index (κ1) is 19.3. The van der Waals surface area contributed by atoms with Gasteiger partial charge in [0.15, 0.2) is 16.9 Å². The molecule has 0 unspecified atom stereocenters. The molecule has 0 amide bonds. The molecule has 4 rings (SSSR count). The number of rotatable bonds is 5. The van der Waals surface area contributed by atoms with Crippen LogP contribution in [0.1, 0.15) is 21.3 Å². The van der Waals surface area contributed by atoms with E-state index in [1.54, 1.807) is 23.5 Å². The molecule has 1 aliphatic heterocycles. The van der Waals surface area contributed by atoms with Gasteiger partial charge in [-0.25, -0.2) is 4.79 Å². The minimum Gasteiger partial charge on any atom is -0.544 e. The number of carboxylic acids is 1. The van der Waals surface area contributed by atoms with Crippen LogP contribution >= 0.6 is 11.8 Å². The fourth-order valence-corrected chi connectivity index (χ4v) is 4.69. The lowest BCUT2D eigenvalue weighted by molar-refractivity contribution is -0.690. The molecule has 0 bridgehead atoms. The summed E-state index contributed by atoms with van der Waals surface area (Å²) in [4.78, 5) is 23.9. The number of ether oxygens (including phenoxy) is 2. The summed E-state index contributed by atoms with van der Waals surface area (Å²) in [5, 5.41) is 14.5. The second-order valence-corrected chi connectivity index (χ2v) is 7.87. The number of fused-ring (bicyclic) bond motifs is 1. The first-order chi connectivity index (χ1) is 14.1. The Hall–Kier alpha value is -3.03. The minimum absolute atomic E-state index is 0.0744. The lowest BCUT2D eigenvalue weighted by Gasteiger charge is -2.14. The van der Waals surface area contributed by atoms with Crippen LogP contribution in [0.4, 0.5) is 0 Å². The average Bonchev–Trinajstić information content (AvgIpc) is 3.24. The molecule has 1 aliphatic rings. The predicted molar refractivity (Wildman–Crippen MR) is 108 cm³/mol. The van der Waals surface area contributed by atoms with Crippen molar-refractivity contribution < 1.29 is 29.5 Å². The van der Waals surface area contributed by atoms with Gasteiger partial charge in [0.1, 0.15) is 12.0 Å². The maximum Gasteiger partial charge on any atom is 0.344 e. The van der Waals surface area contributed by atoms with Crippen LogP contribution in [0.2, 0.25) is 0 Å². The van der Waals surface area contributed by atoms with Crippen LogP contribution in [0.25, 0.3) is 10.8 Å². The van der Waals surface area contributed by atoms with E-state index in [4.69, 9.17) is 9.47 Å². The number of carboxylic acid groups (broad SMARTS) is 1. The number of nitrogens with two attached hydrogens (primary N) is 1. The predicted octanol–water partition coefficient (Wildman–Crippen LogP) is 1.49. The Morgan fingerprint density at radius 2 is 1.86 bits per heavy atom. The van der Waals surface area contributed by atoms with Crippen molar-refractivity contribution in [2.24, 2.45) is 0 Å². The summed E-state index contributed by atoms with van der Waals surface area (Å²) in [5.41, 5.74) is 1.37. The largest absolute Gasteiger partial charge is 0.544 e. The van der Waals surface area contributed by atoms with E-state index in [0.29, 0.717) is 22.8 Å². The summed E-state index contributed by atoms with van der Waals surface area (Å²) in [6.07, 6.45) is 0. The van der Waals surface area contributed by atoms with E-state index < -0.39 is 18.0 Å². The maximum atomic E-state index is 12.8. The van der Waals surface area contributed by atoms with Crippen LogP contribution in [0, 0.1) is 0 Å². The minimum atomic E-state index is -1.06. The van der Waals surface area contributed by atoms with Crippen molar-refractivity contribution in [2.45, 2.75) is 11.4 Å². The molecule has 2 N–H and O–H groups in total. The van der Waals surface area contributed by atoms with E-state index in [9.17, 15) is 14.7 Å². The number of carbonyl (C=O) groups excluding carboxylic acids is 2. The van der Waals surface area contributed by atoms with Crippen molar-refractivity contribution in [3.8, 4) is 11.5 Å². The van der Waals surface area contributed by atoms with Crippen LogP contribution < -0.4 is 19.9 Å². The van der Waals surface area contributed by atoms with Gasteiger partial charge in [0.05, 0.1) is 18.4 Å². The van der Waals surface area contributed by atoms with E-state index >= 15 is 0 Å². The molecule has 7 heteroatoms. The van der Waals surface area contributed by atoms with Crippen molar-refractivity contribution in [1.82, 2.24) is 0 Å². The smallest absolute Gasteiger partial charge is 0.344 e. The highest BCUT2D eigenvalue weighted by atomic mass is 32.2. The molecule has 148 valence electrons. The van der Waals surface area contributed by atoms with Gasteiger partial charge in [0.25, 0.3) is 0 Å². The quantitative estimate of drug-likeness (QED) is 0.507. The Morgan fingerprint density at radius 3 is 2.62 bits per heavy atom. The molecule has 2 atom stereocenters. The van der Waals surface area contributed by atoms with E-state index in [0.717, 1.165) is 16.3 Å². The van der Waals surface area contributed by atoms with Crippen molar-refractivity contribution in [3.63, 3.8) is 0 Å². The first-order valence-electron chi connectivity index (χ1n) is 9.12. The van der Waals surface area contributed by atoms with Crippen LogP contribution in [0.3, 0.4) is 0 Å². The standard InChI is InChI=1S/C22H19NO5S/c1-27-19-11-14(20-23-17(12-29-20)21(24)25)9-10-18(19)28-22(26)16-8-4-6-13-5-2-3-7-15(13)16/h2-11,17,20,23H,12H2,1H3,(H,24,25)/t17-,20-/m0/s1. The zero-order valence-electron chi connectivity index (χ0n) is 15.7. The number of thioether (sulfide) groups is 1. The Morgan fingerprint density at radius 1 is 1.07 bits per heavy atom. The number of methoxy groups -OCH3 is 1. The molecule has 1 heterocycles. The van der Waals surface area contributed by atoms with Gasteiger partial charge < -0.3 is 24.7 Å². The second-order valence-electron chi connectivity index (χ2n) is 6.70. The number of aliphatic carboxylic acids is 1. The van der Waals surface area contributed by atoms with Gasteiger partial charge in [0.2, 0.25) is 0 Å². The van der Waals surface area contributed by atoms with Crippen LogP contribution in [-0.2, 0) is 4.79 Å². The monoisotopic (exact) mass is 409 g/mol. The number of hydrogen-bond acceptors (Lipinski definition) is 6. The summed E-state index contributed by atoms with van der Waals surface area (Å²) in [6.45, 7) is 0. The number of esters is 1. The van der Waals surface area contributed by atoms with Gasteiger partial charge in [-0.15, -0.1) is 0 Å². The van der Waals surface area contributed by atoms with Gasteiger partial charge in [0, 0.05) is 5.56 Å². The fraction of sp³-hybridized carbons (Fsp3) is 0.182. The zero-order valence-corrected chi connectivity index (χ0v) is 16.5. The van der Waals surface area contributed by atoms with Crippen molar-refractivity contribution >= 4 is 34.5 Å². The SMILES string of the molecule is COc1cc([C@H]2[NH2+][C@H](C(=O)[O-])CS2)ccc1OC(=O)c1cccc2ccccc12. The van der Waals surface area contributed by atoms with E-state index in [2.05, 4.69) is 0 Å². The van der Waals surface area contributed by atoms with Crippen LogP contribution in [0.5, 0.6) is 11.5 Å².